The van der Waals surface area contributed by atoms with Crippen molar-refractivity contribution in [2.75, 3.05) is 5.32 Å². The lowest BCUT2D eigenvalue weighted by Crippen LogP contribution is -2.31. The van der Waals surface area contributed by atoms with Gasteiger partial charge in [-0.25, -0.2) is 4.79 Å². The van der Waals surface area contributed by atoms with E-state index < -0.39 is 6.16 Å². The number of carboxylic acid groups (broad SMARTS) is 1. The highest BCUT2D eigenvalue weighted by molar-refractivity contribution is 6.33. The molecule has 0 fully saturated rings. The molecule has 1 unspecified atom stereocenters. The van der Waals surface area contributed by atoms with Crippen LogP contribution in [-0.2, 0) is 5.41 Å². The van der Waals surface area contributed by atoms with E-state index in [0.29, 0.717) is 15.8 Å². The maximum absolute atomic E-state index is 10.7. The summed E-state index contributed by atoms with van der Waals surface area (Å²) in [6.07, 6.45) is -0.531. The predicted molar refractivity (Wildman–Crippen MR) is 95.6 cm³/mol. The molecule has 1 atom stereocenters. The van der Waals surface area contributed by atoms with Crippen molar-refractivity contribution in [3.05, 3.63) is 57.6 Å². The van der Waals surface area contributed by atoms with Gasteiger partial charge in [0.05, 0.1) is 6.04 Å². The monoisotopic (exact) mass is 365 g/mol. The molecule has 0 aliphatic carbocycles. The predicted octanol–water partition coefficient (Wildman–Crippen LogP) is 5.88. The molecule has 2 aromatic carbocycles. The Balaban J connectivity index is 1.99. The third-order valence-electron chi connectivity index (χ3n) is 4.30. The first-order chi connectivity index (χ1) is 11.3. The number of hydrogen-bond acceptors (Lipinski definition) is 3. The summed E-state index contributed by atoms with van der Waals surface area (Å²) >= 11 is 12.5. The maximum Gasteiger partial charge on any atom is 0.511 e. The van der Waals surface area contributed by atoms with Gasteiger partial charge in [0.2, 0.25) is 0 Å². The number of nitrogens with one attached hydrogen (secondary N) is 1. The van der Waals surface area contributed by atoms with Crippen LogP contribution in [-0.4, -0.2) is 11.3 Å². The standard InChI is InChI=1S/C18H17Cl2NO3/c1-18(2)9-16(12-7-10(19)3-5-14(12)20)21-15-6-4-11(8-13(15)18)24-17(22)23/h3-8,16,21H,9H2,1-2H3,(H,22,23). The van der Waals surface area contributed by atoms with Gasteiger partial charge >= 0.3 is 6.16 Å². The van der Waals surface area contributed by atoms with Crippen LogP contribution in [0.2, 0.25) is 10.0 Å². The fourth-order valence-corrected chi connectivity index (χ4v) is 3.63. The molecule has 3 rings (SSSR count). The van der Waals surface area contributed by atoms with Crippen molar-refractivity contribution in [1.82, 2.24) is 0 Å². The number of ether oxygens (including phenoxy) is 1. The van der Waals surface area contributed by atoms with E-state index in [9.17, 15) is 4.79 Å². The summed E-state index contributed by atoms with van der Waals surface area (Å²) in [7, 11) is 0. The number of fused-ring (bicyclic) bond motifs is 1. The third kappa shape index (κ3) is 3.30. The summed E-state index contributed by atoms with van der Waals surface area (Å²) in [4.78, 5) is 10.7. The van der Waals surface area contributed by atoms with E-state index >= 15 is 0 Å². The molecular formula is C18H17Cl2NO3. The third-order valence-corrected chi connectivity index (χ3v) is 4.88. The van der Waals surface area contributed by atoms with Crippen molar-refractivity contribution in [1.29, 1.82) is 0 Å². The van der Waals surface area contributed by atoms with Crippen LogP contribution < -0.4 is 10.1 Å². The molecule has 1 aliphatic rings. The molecule has 126 valence electrons. The minimum absolute atomic E-state index is 0.0185. The Bertz CT molecular complexity index is 805. The molecule has 4 nitrogen and oxygen atoms in total. The van der Waals surface area contributed by atoms with Gasteiger partial charge in [0.15, 0.2) is 0 Å². The van der Waals surface area contributed by atoms with Crippen LogP contribution in [0.25, 0.3) is 0 Å². The van der Waals surface area contributed by atoms with E-state index in [-0.39, 0.29) is 11.5 Å². The summed E-state index contributed by atoms with van der Waals surface area (Å²) in [5.41, 5.74) is 2.71. The topological polar surface area (TPSA) is 58.6 Å². The first-order valence-corrected chi connectivity index (χ1v) is 8.29. The van der Waals surface area contributed by atoms with Gasteiger partial charge in [0, 0.05) is 15.7 Å². The van der Waals surface area contributed by atoms with Crippen molar-refractivity contribution in [2.45, 2.75) is 31.7 Å². The fraction of sp³-hybridized carbons (Fsp3) is 0.278. The van der Waals surface area contributed by atoms with Crippen molar-refractivity contribution in [2.24, 2.45) is 0 Å². The summed E-state index contributed by atoms with van der Waals surface area (Å²) in [5.74, 6) is 0.315. The Labute approximate surface area is 150 Å². The minimum Gasteiger partial charge on any atom is -0.449 e. The van der Waals surface area contributed by atoms with Gasteiger partial charge in [0.1, 0.15) is 5.75 Å². The number of carbonyl (C=O) groups is 1. The van der Waals surface area contributed by atoms with Crippen LogP contribution in [0.15, 0.2) is 36.4 Å². The molecular weight excluding hydrogens is 349 g/mol. The molecule has 6 heteroatoms. The van der Waals surface area contributed by atoms with Crippen molar-refractivity contribution in [3.8, 4) is 5.75 Å². The maximum atomic E-state index is 10.7. The Morgan fingerprint density at radius 3 is 2.71 bits per heavy atom. The molecule has 0 saturated heterocycles. The molecule has 2 aromatic rings. The summed E-state index contributed by atoms with van der Waals surface area (Å²) < 4.78 is 4.77. The second kappa shape index (κ2) is 6.19. The largest absolute Gasteiger partial charge is 0.511 e. The summed E-state index contributed by atoms with van der Waals surface area (Å²) in [6.45, 7) is 4.23. The molecule has 0 aromatic heterocycles. The van der Waals surface area contributed by atoms with Crippen LogP contribution in [0.4, 0.5) is 10.5 Å². The zero-order chi connectivity index (χ0) is 17.5. The smallest absolute Gasteiger partial charge is 0.449 e. The van der Waals surface area contributed by atoms with Gasteiger partial charge in [-0.15, -0.1) is 0 Å². The zero-order valence-electron chi connectivity index (χ0n) is 13.3. The van der Waals surface area contributed by atoms with Crippen LogP contribution in [0.5, 0.6) is 5.75 Å². The SMILES string of the molecule is CC1(C)CC(c2cc(Cl)ccc2Cl)Nc2ccc(OC(=O)O)cc21. The van der Waals surface area contributed by atoms with E-state index in [1.807, 2.05) is 12.1 Å². The normalized spacial score (nSPS) is 18.4. The van der Waals surface area contributed by atoms with Crippen LogP contribution in [0.1, 0.15) is 37.4 Å². The highest BCUT2D eigenvalue weighted by atomic mass is 35.5. The van der Waals surface area contributed by atoms with Gasteiger partial charge in [-0.1, -0.05) is 37.0 Å². The van der Waals surface area contributed by atoms with Crippen LogP contribution >= 0.6 is 23.2 Å². The van der Waals surface area contributed by atoms with E-state index in [1.165, 1.54) is 0 Å². The van der Waals surface area contributed by atoms with Crippen molar-refractivity contribution >= 4 is 35.0 Å². The average molecular weight is 366 g/mol. The van der Waals surface area contributed by atoms with E-state index in [4.69, 9.17) is 33.0 Å². The molecule has 24 heavy (non-hydrogen) atoms. The first-order valence-electron chi connectivity index (χ1n) is 7.53. The Kier molecular flexibility index (Phi) is 4.37. The minimum atomic E-state index is -1.32. The Morgan fingerprint density at radius 1 is 1.25 bits per heavy atom. The number of rotatable bonds is 2. The lowest BCUT2D eigenvalue weighted by atomic mass is 9.74. The number of halogens is 2. The number of anilines is 1. The van der Waals surface area contributed by atoms with Crippen LogP contribution in [0, 0.1) is 0 Å². The number of benzene rings is 2. The Morgan fingerprint density at radius 2 is 2.00 bits per heavy atom. The highest BCUT2D eigenvalue weighted by Gasteiger charge is 2.34. The number of hydrogen-bond donors (Lipinski definition) is 2. The molecule has 0 saturated carbocycles. The lowest BCUT2D eigenvalue weighted by molar-refractivity contribution is 0.144. The lowest BCUT2D eigenvalue weighted by Gasteiger charge is -2.39. The van der Waals surface area contributed by atoms with Crippen LogP contribution in [0.3, 0.4) is 0 Å². The molecule has 0 bridgehead atoms. The Hall–Kier alpha value is -1.91. The first kappa shape index (κ1) is 16.9. The van der Waals surface area contributed by atoms with Gasteiger partial charge in [0.25, 0.3) is 0 Å². The highest BCUT2D eigenvalue weighted by Crippen LogP contribution is 2.46. The van der Waals surface area contributed by atoms with Gasteiger partial charge < -0.3 is 15.2 Å². The van der Waals surface area contributed by atoms with E-state index in [2.05, 4.69) is 19.2 Å². The zero-order valence-corrected chi connectivity index (χ0v) is 14.8. The molecule has 1 aliphatic heterocycles. The van der Waals surface area contributed by atoms with Gasteiger partial charge in [-0.2, -0.15) is 0 Å². The summed E-state index contributed by atoms with van der Waals surface area (Å²) in [6, 6.07) is 10.7. The molecule has 2 N–H and O–H groups in total. The van der Waals surface area contributed by atoms with Gasteiger partial charge in [-0.05, 0) is 59.4 Å². The molecule has 0 radical (unpaired) electrons. The van der Waals surface area contributed by atoms with Gasteiger partial charge in [-0.3, -0.25) is 0 Å². The molecule has 1 heterocycles. The molecule has 0 amide bonds. The average Bonchev–Trinajstić information content (AvgIpc) is 2.49. The van der Waals surface area contributed by atoms with E-state index in [0.717, 1.165) is 23.2 Å². The van der Waals surface area contributed by atoms with E-state index in [1.54, 1.807) is 24.3 Å². The second-order valence-electron chi connectivity index (χ2n) is 6.53. The van der Waals surface area contributed by atoms with Crippen molar-refractivity contribution < 1.29 is 14.6 Å². The fourth-order valence-electron chi connectivity index (χ4n) is 3.20. The quantitative estimate of drug-likeness (QED) is 0.514. The summed E-state index contributed by atoms with van der Waals surface area (Å²) in [5, 5.41) is 13.6. The molecule has 0 spiro atoms. The van der Waals surface area contributed by atoms with Crippen molar-refractivity contribution in [3.63, 3.8) is 0 Å². The second-order valence-corrected chi connectivity index (χ2v) is 7.37.